The van der Waals surface area contributed by atoms with Crippen LogP contribution in [0, 0.1) is 11.8 Å². The summed E-state index contributed by atoms with van der Waals surface area (Å²) in [5, 5.41) is 23.4. The van der Waals surface area contributed by atoms with Gasteiger partial charge in [-0.15, -0.1) is 0 Å². The van der Waals surface area contributed by atoms with Crippen molar-refractivity contribution in [2.45, 2.75) is 76.5 Å². The minimum Gasteiger partial charge on any atom is -0.481 e. The number of carboxylic acid groups (broad SMARTS) is 1. The van der Waals surface area contributed by atoms with Crippen LogP contribution in [-0.4, -0.2) is 41.0 Å². The van der Waals surface area contributed by atoms with Gasteiger partial charge in [-0.2, -0.15) is 0 Å². The van der Waals surface area contributed by atoms with E-state index in [4.69, 9.17) is 9.84 Å². The molecule has 0 bridgehead atoms. The van der Waals surface area contributed by atoms with Gasteiger partial charge in [-0.05, 0) is 86.5 Å². The third-order valence-corrected chi connectivity index (χ3v) is 7.24. The molecule has 2 aromatic carbocycles. The quantitative estimate of drug-likeness (QED) is 0.399. The average molecular weight is 466 g/mol. The lowest BCUT2D eigenvalue weighted by atomic mass is 9.88. The Balaban J connectivity index is 1.26. The van der Waals surface area contributed by atoms with Crippen LogP contribution in [0.2, 0.25) is 0 Å². The number of aryl methyl sites for hydroxylation is 1. The third kappa shape index (κ3) is 6.91. The van der Waals surface area contributed by atoms with Crippen molar-refractivity contribution in [2.24, 2.45) is 11.8 Å². The Morgan fingerprint density at radius 1 is 1.09 bits per heavy atom. The first-order valence-electron chi connectivity index (χ1n) is 12.7. The Morgan fingerprint density at radius 3 is 2.38 bits per heavy atom. The number of carboxylic acids is 1. The number of rotatable bonds is 13. The van der Waals surface area contributed by atoms with Crippen LogP contribution in [0.3, 0.4) is 0 Å². The number of nitrogens with one attached hydrogen (secondary N) is 1. The van der Waals surface area contributed by atoms with Gasteiger partial charge < -0.3 is 20.3 Å². The zero-order valence-electron chi connectivity index (χ0n) is 20.5. The summed E-state index contributed by atoms with van der Waals surface area (Å²) < 4.78 is 6.26. The molecule has 0 heterocycles. The summed E-state index contributed by atoms with van der Waals surface area (Å²) in [5.74, 6) is 0.297. The van der Waals surface area contributed by atoms with Gasteiger partial charge in [0.1, 0.15) is 0 Å². The van der Waals surface area contributed by atoms with Gasteiger partial charge in [0.2, 0.25) is 0 Å². The molecule has 0 unspecified atom stereocenters. The summed E-state index contributed by atoms with van der Waals surface area (Å²) in [6.07, 6.45) is 5.51. The van der Waals surface area contributed by atoms with E-state index in [1.54, 1.807) is 0 Å². The molecule has 5 heteroatoms. The van der Waals surface area contributed by atoms with Gasteiger partial charge in [0, 0.05) is 18.5 Å². The number of benzene rings is 2. The normalized spacial score (nSPS) is 18.0. The summed E-state index contributed by atoms with van der Waals surface area (Å²) >= 11 is 0. The molecule has 2 aliphatic rings. The van der Waals surface area contributed by atoms with Gasteiger partial charge in [0.15, 0.2) is 0 Å². The van der Waals surface area contributed by atoms with E-state index in [0.717, 1.165) is 43.2 Å². The number of hydrogen-bond acceptors (Lipinski definition) is 4. The molecule has 0 spiro atoms. The predicted octanol–water partition coefficient (Wildman–Crippen LogP) is 4.71. The summed E-state index contributed by atoms with van der Waals surface area (Å²) in [4.78, 5) is 11.1. The van der Waals surface area contributed by atoms with Crippen LogP contribution in [0.15, 0.2) is 48.5 Å². The monoisotopic (exact) mass is 465 g/mol. The predicted molar refractivity (Wildman–Crippen MR) is 134 cm³/mol. The topological polar surface area (TPSA) is 78.8 Å². The lowest BCUT2D eigenvalue weighted by Gasteiger charge is -2.31. The summed E-state index contributed by atoms with van der Waals surface area (Å²) in [6.45, 7) is 5.20. The van der Waals surface area contributed by atoms with Gasteiger partial charge in [-0.1, -0.05) is 48.5 Å². The smallest absolute Gasteiger partial charge is 0.303 e. The van der Waals surface area contributed by atoms with Gasteiger partial charge in [-0.3, -0.25) is 4.79 Å². The molecule has 0 aliphatic heterocycles. The number of aliphatic hydroxyl groups excluding tert-OH is 1. The maximum Gasteiger partial charge on any atom is 0.303 e. The zero-order chi connectivity index (χ0) is 24.1. The van der Waals surface area contributed by atoms with Crippen LogP contribution >= 0.6 is 0 Å². The molecular formula is C29H39NO4. The molecule has 0 radical (unpaired) electrons. The molecule has 2 aliphatic carbocycles. The Labute approximate surface area is 203 Å². The number of β-amino-alcohol motifs (C(OH)–C–C–N with tert-alkyl or cyclic N) is 1. The second kappa shape index (κ2) is 11.0. The van der Waals surface area contributed by atoms with Gasteiger partial charge in [-0.25, -0.2) is 0 Å². The zero-order valence-corrected chi connectivity index (χ0v) is 20.5. The number of carbonyl (C=O) groups is 1. The fraction of sp³-hybridized carbons (Fsp3) is 0.552. The first kappa shape index (κ1) is 24.9. The van der Waals surface area contributed by atoms with Crippen LogP contribution < -0.4 is 5.32 Å². The van der Waals surface area contributed by atoms with Gasteiger partial charge in [0.25, 0.3) is 0 Å². The molecule has 0 saturated heterocycles. The van der Waals surface area contributed by atoms with Crippen molar-refractivity contribution in [3.05, 3.63) is 70.8 Å². The van der Waals surface area contributed by atoms with Crippen molar-refractivity contribution in [3.63, 3.8) is 0 Å². The summed E-state index contributed by atoms with van der Waals surface area (Å²) in [5.41, 5.74) is 5.01. The molecule has 1 fully saturated rings. The van der Waals surface area contributed by atoms with E-state index in [2.05, 4.69) is 43.4 Å². The first-order chi connectivity index (χ1) is 16.3. The van der Waals surface area contributed by atoms with E-state index < -0.39 is 12.1 Å². The van der Waals surface area contributed by atoms with E-state index in [9.17, 15) is 9.90 Å². The second-order valence-corrected chi connectivity index (χ2v) is 10.8. The summed E-state index contributed by atoms with van der Waals surface area (Å²) in [6, 6.07) is 16.7. The van der Waals surface area contributed by atoms with Crippen LogP contribution in [0.5, 0.6) is 0 Å². The average Bonchev–Trinajstić information content (AvgIpc) is 3.56. The highest BCUT2D eigenvalue weighted by Crippen LogP contribution is 2.44. The fourth-order valence-corrected chi connectivity index (χ4v) is 5.42. The van der Waals surface area contributed by atoms with Crippen molar-refractivity contribution in [3.8, 4) is 0 Å². The van der Waals surface area contributed by atoms with Crippen molar-refractivity contribution in [1.82, 2.24) is 5.32 Å². The van der Waals surface area contributed by atoms with Crippen molar-refractivity contribution < 1.29 is 19.7 Å². The summed E-state index contributed by atoms with van der Waals surface area (Å²) in [7, 11) is 0. The van der Waals surface area contributed by atoms with Crippen molar-refractivity contribution in [1.29, 1.82) is 0 Å². The Morgan fingerprint density at radius 2 is 1.74 bits per heavy atom. The second-order valence-electron chi connectivity index (χ2n) is 10.8. The minimum absolute atomic E-state index is 0.0625. The van der Waals surface area contributed by atoms with Crippen LogP contribution in [0.4, 0.5) is 0 Å². The van der Waals surface area contributed by atoms with E-state index in [1.807, 2.05) is 24.3 Å². The number of ether oxygens (including phenoxy) is 1. The Hall–Kier alpha value is -2.21. The molecule has 5 nitrogen and oxygen atoms in total. The van der Waals surface area contributed by atoms with Gasteiger partial charge >= 0.3 is 5.97 Å². The SMILES string of the molecule is CC(C)(CC1Cc2ccccc2C1)NC[C@@H](O)CO[C@H](c1ccccc1CCC(=O)O)C1CC1. The maximum absolute atomic E-state index is 11.1. The van der Waals surface area contributed by atoms with E-state index in [1.165, 1.54) is 11.1 Å². The molecule has 34 heavy (non-hydrogen) atoms. The van der Waals surface area contributed by atoms with E-state index in [0.29, 0.717) is 24.8 Å². The third-order valence-electron chi connectivity index (χ3n) is 7.24. The highest BCUT2D eigenvalue weighted by Gasteiger charge is 2.35. The molecule has 0 amide bonds. The number of hydrogen-bond donors (Lipinski definition) is 3. The lowest BCUT2D eigenvalue weighted by molar-refractivity contribution is -0.136. The first-order valence-corrected chi connectivity index (χ1v) is 12.7. The fourth-order valence-electron chi connectivity index (χ4n) is 5.42. The van der Waals surface area contributed by atoms with Gasteiger partial charge in [0.05, 0.1) is 18.8 Å². The maximum atomic E-state index is 11.1. The molecule has 2 atom stereocenters. The number of fused-ring (bicyclic) bond motifs is 1. The highest BCUT2D eigenvalue weighted by atomic mass is 16.5. The molecule has 3 N–H and O–H groups in total. The molecular weight excluding hydrogens is 426 g/mol. The largest absolute Gasteiger partial charge is 0.481 e. The molecule has 2 aromatic rings. The molecule has 184 valence electrons. The Kier molecular flexibility index (Phi) is 8.07. The highest BCUT2D eigenvalue weighted by molar-refractivity contribution is 5.67. The lowest BCUT2D eigenvalue weighted by Crippen LogP contribution is -2.45. The molecule has 0 aromatic heterocycles. The van der Waals surface area contributed by atoms with Crippen LogP contribution in [-0.2, 0) is 28.8 Å². The molecule has 4 rings (SSSR count). The number of aliphatic carboxylic acids is 1. The molecule has 1 saturated carbocycles. The minimum atomic E-state index is -0.788. The standard InChI is InChI=1S/C29H39NO4/c1-29(2,17-20-15-23-8-3-4-9-24(23)16-20)30-18-25(31)19-34-28(22-11-12-22)26-10-6-5-7-21(26)13-14-27(32)33/h3-10,20,22,25,28,30-31H,11-19H2,1-2H3,(H,32,33)/t25-,28+/m1/s1. The number of aliphatic hydroxyl groups is 1. The van der Waals surface area contributed by atoms with E-state index >= 15 is 0 Å². The van der Waals surface area contributed by atoms with Crippen molar-refractivity contribution >= 4 is 5.97 Å². The van der Waals surface area contributed by atoms with E-state index in [-0.39, 0.29) is 24.7 Å². The van der Waals surface area contributed by atoms with Crippen molar-refractivity contribution in [2.75, 3.05) is 13.2 Å². The van der Waals surface area contributed by atoms with Crippen LogP contribution in [0.1, 0.15) is 67.9 Å². The van der Waals surface area contributed by atoms with Crippen LogP contribution in [0.25, 0.3) is 0 Å². The Bertz CT molecular complexity index is 943.